The molecular weight excluding hydrogens is 474 g/mol. The number of nitrogens with one attached hydrogen (secondary N) is 3. The van der Waals surface area contributed by atoms with E-state index in [4.69, 9.17) is 17.0 Å². The second-order valence-corrected chi connectivity index (χ2v) is 8.08. The monoisotopic (exact) mass is 487 g/mol. The molecule has 0 aliphatic rings. The van der Waals surface area contributed by atoms with Gasteiger partial charge in [0.1, 0.15) is 22.4 Å². The Labute approximate surface area is 184 Å². The number of anilines is 2. The Bertz CT molecular complexity index is 1170. The number of nitrogens with zero attached hydrogens (tertiary/aromatic N) is 4. The van der Waals surface area contributed by atoms with E-state index in [1.54, 1.807) is 6.20 Å². The van der Waals surface area contributed by atoms with Crippen LogP contribution in [0.4, 0.5) is 11.4 Å². The van der Waals surface area contributed by atoms with Gasteiger partial charge in [-0.15, -0.1) is 11.3 Å². The minimum absolute atomic E-state index is 0.284. The maximum absolute atomic E-state index is 8.19. The lowest BCUT2D eigenvalue weighted by atomic mass is 10.1. The summed E-state index contributed by atoms with van der Waals surface area (Å²) in [5.74, 6) is 0. The van der Waals surface area contributed by atoms with Crippen molar-refractivity contribution in [2.24, 2.45) is 0 Å². The summed E-state index contributed by atoms with van der Waals surface area (Å²) in [6.45, 7) is 1.08. The van der Waals surface area contributed by atoms with E-state index in [-0.39, 0.29) is 4.62 Å². The molecule has 1 aromatic carbocycles. The summed E-state index contributed by atoms with van der Waals surface area (Å²) < 4.78 is 1.16. The SMILES string of the molecule is N=C(Br)c1c(NCc2ccncn2)cccc1NCc1csc2c(Cl)ncnc12. The zero-order valence-electron chi connectivity index (χ0n) is 15.0. The standard InChI is InChI=1S/C19H15BrClN7S/c20-18(22)15-13(2-1-3-14(15)25-7-12-4-5-23-9-26-12)24-6-11-8-29-17-16(11)27-10-28-19(17)21/h1-5,8-10,22,24-25H,6-7H2. The molecule has 0 bridgehead atoms. The maximum Gasteiger partial charge on any atom is 0.150 e. The van der Waals surface area contributed by atoms with Crippen LogP contribution < -0.4 is 10.6 Å². The summed E-state index contributed by atoms with van der Waals surface area (Å²) in [7, 11) is 0. The summed E-state index contributed by atoms with van der Waals surface area (Å²) >= 11 is 11.0. The molecule has 0 amide bonds. The molecule has 10 heteroatoms. The normalized spacial score (nSPS) is 10.8. The molecule has 4 rings (SSSR count). The average Bonchev–Trinajstić information content (AvgIpc) is 3.15. The van der Waals surface area contributed by atoms with E-state index in [2.05, 4.69) is 46.5 Å². The van der Waals surface area contributed by atoms with Gasteiger partial charge in [-0.05, 0) is 39.5 Å². The van der Waals surface area contributed by atoms with Crippen molar-refractivity contribution >= 4 is 65.1 Å². The van der Waals surface area contributed by atoms with Gasteiger partial charge < -0.3 is 10.6 Å². The molecule has 0 fully saturated rings. The van der Waals surface area contributed by atoms with E-state index in [1.807, 2.05) is 29.6 Å². The molecular formula is C19H15BrClN7S. The first-order chi connectivity index (χ1) is 14.1. The molecule has 0 saturated carbocycles. The van der Waals surface area contributed by atoms with Gasteiger partial charge in [-0.3, -0.25) is 5.41 Å². The molecule has 0 spiro atoms. The van der Waals surface area contributed by atoms with Crippen LogP contribution in [0.5, 0.6) is 0 Å². The summed E-state index contributed by atoms with van der Waals surface area (Å²) in [5.41, 5.74) is 5.15. The average molecular weight is 489 g/mol. The van der Waals surface area contributed by atoms with Crippen molar-refractivity contribution in [2.45, 2.75) is 13.1 Å². The molecule has 3 N–H and O–H groups in total. The number of rotatable bonds is 7. The highest BCUT2D eigenvalue weighted by atomic mass is 79.9. The Morgan fingerprint density at radius 1 is 1.07 bits per heavy atom. The van der Waals surface area contributed by atoms with E-state index in [0.717, 1.165) is 38.4 Å². The second kappa shape index (κ2) is 8.81. The fourth-order valence-electron chi connectivity index (χ4n) is 2.88. The fourth-order valence-corrected chi connectivity index (χ4v) is 4.47. The molecule has 0 saturated heterocycles. The van der Waals surface area contributed by atoms with Crippen LogP contribution in [0.15, 0.2) is 48.5 Å². The van der Waals surface area contributed by atoms with Crippen LogP contribution in [0.2, 0.25) is 5.15 Å². The molecule has 7 nitrogen and oxygen atoms in total. The lowest BCUT2D eigenvalue weighted by Crippen LogP contribution is -2.09. The highest BCUT2D eigenvalue weighted by molar-refractivity contribution is 9.18. The van der Waals surface area contributed by atoms with Crippen LogP contribution in [0.25, 0.3) is 10.2 Å². The third-order valence-corrected chi connectivity index (χ3v) is 6.06. The largest absolute Gasteiger partial charge is 0.380 e. The van der Waals surface area contributed by atoms with Crippen LogP contribution in [-0.4, -0.2) is 24.6 Å². The molecule has 0 unspecified atom stereocenters. The van der Waals surface area contributed by atoms with Crippen molar-refractivity contribution in [3.05, 3.63) is 70.5 Å². The molecule has 0 radical (unpaired) electrons. The van der Waals surface area contributed by atoms with Crippen molar-refractivity contribution < 1.29 is 0 Å². The predicted molar refractivity (Wildman–Crippen MR) is 121 cm³/mol. The third kappa shape index (κ3) is 4.36. The van der Waals surface area contributed by atoms with Gasteiger partial charge in [-0.1, -0.05) is 17.7 Å². The molecule has 3 heterocycles. The number of hydrogen-bond donors (Lipinski definition) is 3. The van der Waals surface area contributed by atoms with Gasteiger partial charge in [-0.25, -0.2) is 19.9 Å². The number of thiophene rings is 1. The zero-order valence-corrected chi connectivity index (χ0v) is 18.1. The van der Waals surface area contributed by atoms with Crippen LogP contribution in [-0.2, 0) is 13.1 Å². The van der Waals surface area contributed by atoms with Crippen molar-refractivity contribution in [1.29, 1.82) is 5.41 Å². The molecule has 0 aliphatic heterocycles. The third-order valence-electron chi connectivity index (χ3n) is 4.24. The van der Waals surface area contributed by atoms with Crippen LogP contribution in [0.3, 0.4) is 0 Å². The maximum atomic E-state index is 8.19. The quantitative estimate of drug-likeness (QED) is 0.248. The molecule has 146 valence electrons. The van der Waals surface area contributed by atoms with Crippen molar-refractivity contribution in [1.82, 2.24) is 19.9 Å². The van der Waals surface area contributed by atoms with E-state index < -0.39 is 0 Å². The first-order valence-electron chi connectivity index (χ1n) is 8.60. The summed E-state index contributed by atoms with van der Waals surface area (Å²) in [6, 6.07) is 7.67. The molecule has 4 aromatic rings. The van der Waals surface area contributed by atoms with Gasteiger partial charge >= 0.3 is 0 Å². The number of hydrogen-bond acceptors (Lipinski definition) is 8. The van der Waals surface area contributed by atoms with Crippen molar-refractivity contribution in [3.8, 4) is 0 Å². The molecule has 29 heavy (non-hydrogen) atoms. The van der Waals surface area contributed by atoms with Gasteiger partial charge in [0.05, 0.1) is 28.0 Å². The van der Waals surface area contributed by atoms with Gasteiger partial charge in [0.25, 0.3) is 0 Å². The summed E-state index contributed by atoms with van der Waals surface area (Å²) in [5, 5.41) is 17.4. The first kappa shape index (κ1) is 19.7. The molecule has 3 aromatic heterocycles. The molecule has 0 atom stereocenters. The topological polar surface area (TPSA) is 99.5 Å². The smallest absolute Gasteiger partial charge is 0.150 e. The summed E-state index contributed by atoms with van der Waals surface area (Å²) in [6.07, 6.45) is 4.69. The van der Waals surface area contributed by atoms with Crippen LogP contribution >= 0.6 is 38.9 Å². The van der Waals surface area contributed by atoms with E-state index in [1.165, 1.54) is 24.0 Å². The number of fused-ring (bicyclic) bond motifs is 1. The Hall–Kier alpha value is -2.62. The highest BCUT2D eigenvalue weighted by Crippen LogP contribution is 2.31. The van der Waals surface area contributed by atoms with Crippen LogP contribution in [0, 0.1) is 5.41 Å². The van der Waals surface area contributed by atoms with Gasteiger partial charge in [0, 0.05) is 29.7 Å². The summed E-state index contributed by atoms with van der Waals surface area (Å²) in [4.78, 5) is 16.5. The second-order valence-electron chi connectivity index (χ2n) is 6.05. The minimum atomic E-state index is 0.284. The van der Waals surface area contributed by atoms with E-state index >= 15 is 0 Å². The minimum Gasteiger partial charge on any atom is -0.380 e. The van der Waals surface area contributed by atoms with E-state index in [0.29, 0.717) is 18.2 Å². The van der Waals surface area contributed by atoms with Gasteiger partial charge in [0.2, 0.25) is 0 Å². The Kier molecular flexibility index (Phi) is 5.98. The lowest BCUT2D eigenvalue weighted by Gasteiger charge is -2.16. The van der Waals surface area contributed by atoms with Crippen molar-refractivity contribution in [3.63, 3.8) is 0 Å². The fraction of sp³-hybridized carbons (Fsp3) is 0.105. The predicted octanol–water partition coefficient (Wildman–Crippen LogP) is 5.08. The number of benzene rings is 1. The van der Waals surface area contributed by atoms with Gasteiger partial charge in [-0.2, -0.15) is 0 Å². The number of halogens is 2. The Balaban J connectivity index is 1.56. The lowest BCUT2D eigenvalue weighted by molar-refractivity contribution is 1.01. The number of aromatic nitrogens is 4. The highest BCUT2D eigenvalue weighted by Gasteiger charge is 2.14. The van der Waals surface area contributed by atoms with Crippen LogP contribution in [0.1, 0.15) is 16.8 Å². The molecule has 0 aliphatic carbocycles. The van der Waals surface area contributed by atoms with Crippen molar-refractivity contribution in [2.75, 3.05) is 10.6 Å². The Morgan fingerprint density at radius 3 is 2.59 bits per heavy atom. The Morgan fingerprint density at radius 2 is 1.86 bits per heavy atom. The van der Waals surface area contributed by atoms with E-state index in [9.17, 15) is 0 Å². The van der Waals surface area contributed by atoms with Gasteiger partial charge in [0.15, 0.2) is 0 Å². The zero-order chi connectivity index (χ0) is 20.2. The first-order valence-corrected chi connectivity index (χ1v) is 10.6.